The fourth-order valence-corrected chi connectivity index (χ4v) is 3.12. The Labute approximate surface area is 114 Å². The van der Waals surface area contributed by atoms with Crippen molar-refractivity contribution in [2.75, 3.05) is 12.8 Å². The number of aliphatic carboxylic acids is 1. The molecule has 0 radical (unpaired) electrons. The summed E-state index contributed by atoms with van der Waals surface area (Å²) in [6.07, 6.45) is 2.05. The van der Waals surface area contributed by atoms with E-state index in [0.29, 0.717) is 13.0 Å². The molecule has 2 atom stereocenters. The van der Waals surface area contributed by atoms with Gasteiger partial charge in [-0.15, -0.1) is 0 Å². The minimum atomic E-state index is -1.84. The zero-order valence-corrected chi connectivity index (χ0v) is 12.0. The smallest absolute Gasteiger partial charge is 0.381 e. The maximum absolute atomic E-state index is 11.8. The van der Waals surface area contributed by atoms with Crippen LogP contribution in [0.4, 0.5) is 0 Å². The molecule has 0 aliphatic rings. The lowest BCUT2D eigenvalue weighted by Gasteiger charge is -2.07. The van der Waals surface area contributed by atoms with Gasteiger partial charge in [0.25, 0.3) is 5.85 Å². The van der Waals surface area contributed by atoms with Crippen LogP contribution in [-0.2, 0) is 20.5 Å². The molecule has 104 valence electrons. The van der Waals surface area contributed by atoms with Crippen LogP contribution in [-0.4, -0.2) is 29.7 Å². The predicted molar refractivity (Wildman–Crippen MR) is 74.9 cm³/mol. The second-order valence-corrected chi connectivity index (χ2v) is 5.98. The summed E-state index contributed by atoms with van der Waals surface area (Å²) in [6.45, 7) is 2.28. The molecule has 0 bridgehead atoms. The van der Waals surface area contributed by atoms with Crippen LogP contribution in [0.3, 0.4) is 0 Å². The van der Waals surface area contributed by atoms with Crippen LogP contribution >= 0.6 is 7.80 Å². The standard InChI is InChI=1S/C14H19O4P/c1-2-18-14(19(17)11-13(15)16)10-6-9-12-7-4-3-5-8-12/h3-5,7-8,14H,2,6,9-11H2,1H3/p+1. The third kappa shape index (κ3) is 6.46. The molecule has 0 amide bonds. The van der Waals surface area contributed by atoms with Crippen molar-refractivity contribution in [1.29, 1.82) is 0 Å². The van der Waals surface area contributed by atoms with Gasteiger partial charge in [0.2, 0.25) is 6.16 Å². The second kappa shape index (κ2) is 8.78. The molecule has 0 aliphatic carbocycles. The molecule has 0 aromatic heterocycles. The number of aryl methyl sites for hydroxylation is 1. The molecule has 4 nitrogen and oxygen atoms in total. The van der Waals surface area contributed by atoms with E-state index in [-0.39, 0.29) is 6.16 Å². The highest BCUT2D eigenvalue weighted by Gasteiger charge is 2.32. The van der Waals surface area contributed by atoms with E-state index in [0.717, 1.165) is 12.8 Å². The average Bonchev–Trinajstić information content (AvgIpc) is 2.38. The van der Waals surface area contributed by atoms with Crippen molar-refractivity contribution in [2.24, 2.45) is 0 Å². The molecular weight excluding hydrogens is 263 g/mol. The molecule has 0 heterocycles. The van der Waals surface area contributed by atoms with Crippen molar-refractivity contribution in [3.8, 4) is 0 Å². The molecule has 1 N–H and O–H groups in total. The average molecular weight is 283 g/mol. The van der Waals surface area contributed by atoms with Crippen LogP contribution < -0.4 is 0 Å². The van der Waals surface area contributed by atoms with Crippen molar-refractivity contribution in [1.82, 2.24) is 0 Å². The highest BCUT2D eigenvalue weighted by molar-refractivity contribution is 7.46. The first-order valence-corrected chi connectivity index (χ1v) is 7.96. The Morgan fingerprint density at radius 2 is 2.05 bits per heavy atom. The topological polar surface area (TPSA) is 63.6 Å². The normalized spacial score (nSPS) is 13.0. The van der Waals surface area contributed by atoms with E-state index < -0.39 is 19.6 Å². The Hall–Kier alpha value is -1.25. The summed E-state index contributed by atoms with van der Waals surface area (Å²) < 4.78 is 17.2. The maximum atomic E-state index is 11.8. The largest absolute Gasteiger partial charge is 0.478 e. The number of carboxylic acid groups (broad SMARTS) is 1. The van der Waals surface area contributed by atoms with Gasteiger partial charge >= 0.3 is 13.8 Å². The van der Waals surface area contributed by atoms with Crippen molar-refractivity contribution >= 4 is 13.8 Å². The Kier molecular flexibility index (Phi) is 7.31. The van der Waals surface area contributed by atoms with Crippen molar-refractivity contribution < 1.29 is 19.2 Å². The van der Waals surface area contributed by atoms with Gasteiger partial charge in [0.1, 0.15) is 0 Å². The van der Waals surface area contributed by atoms with E-state index in [2.05, 4.69) is 0 Å². The van der Waals surface area contributed by atoms with Gasteiger partial charge in [0, 0.05) is 13.0 Å². The number of carboxylic acids is 1. The minimum absolute atomic E-state index is 0.314. The van der Waals surface area contributed by atoms with E-state index in [4.69, 9.17) is 9.84 Å². The van der Waals surface area contributed by atoms with Gasteiger partial charge in [-0.2, -0.15) is 0 Å². The molecule has 0 aliphatic heterocycles. The number of rotatable bonds is 9. The van der Waals surface area contributed by atoms with Crippen LogP contribution in [0.1, 0.15) is 25.3 Å². The highest BCUT2D eigenvalue weighted by Crippen LogP contribution is 2.32. The molecule has 0 fully saturated rings. The quantitative estimate of drug-likeness (QED) is 0.706. The van der Waals surface area contributed by atoms with Gasteiger partial charge in [0.05, 0.1) is 0 Å². The van der Waals surface area contributed by atoms with E-state index in [9.17, 15) is 9.36 Å². The first kappa shape index (κ1) is 15.8. The summed E-state index contributed by atoms with van der Waals surface area (Å²) in [5, 5.41) is 8.67. The van der Waals surface area contributed by atoms with Crippen LogP contribution in [0.5, 0.6) is 0 Å². The summed E-state index contributed by atoms with van der Waals surface area (Å²) >= 11 is 0. The lowest BCUT2D eigenvalue weighted by molar-refractivity contribution is -0.134. The molecule has 5 heteroatoms. The van der Waals surface area contributed by atoms with Gasteiger partial charge in [-0.3, -0.25) is 0 Å². The lowest BCUT2D eigenvalue weighted by Crippen LogP contribution is -2.12. The van der Waals surface area contributed by atoms with Gasteiger partial charge in [-0.05, 0) is 25.3 Å². The van der Waals surface area contributed by atoms with Gasteiger partial charge < -0.3 is 9.84 Å². The molecule has 2 unspecified atom stereocenters. The zero-order valence-electron chi connectivity index (χ0n) is 11.1. The fourth-order valence-electron chi connectivity index (χ4n) is 1.86. The molecule has 1 rings (SSSR count). The number of hydrogen-bond donors (Lipinski definition) is 1. The number of carbonyl (C=O) groups is 1. The molecule has 0 saturated heterocycles. The lowest BCUT2D eigenvalue weighted by atomic mass is 10.1. The fraction of sp³-hybridized carbons (Fsp3) is 0.500. The second-order valence-electron chi connectivity index (χ2n) is 4.26. The molecule has 1 aromatic carbocycles. The minimum Gasteiger partial charge on any atom is -0.478 e. The van der Waals surface area contributed by atoms with Gasteiger partial charge in [-0.25, -0.2) is 4.79 Å². The number of ether oxygens (including phenoxy) is 1. The van der Waals surface area contributed by atoms with E-state index in [1.807, 2.05) is 37.3 Å². The highest BCUT2D eigenvalue weighted by atomic mass is 31.1. The van der Waals surface area contributed by atoms with Crippen LogP contribution in [0.15, 0.2) is 30.3 Å². The van der Waals surface area contributed by atoms with Crippen molar-refractivity contribution in [3.05, 3.63) is 35.9 Å². The van der Waals surface area contributed by atoms with E-state index in [1.165, 1.54) is 5.56 Å². The SMILES string of the molecule is CCOC(CCCc1ccccc1)[P+](=O)CC(=O)O. The summed E-state index contributed by atoms with van der Waals surface area (Å²) in [6, 6.07) is 10.0. The summed E-state index contributed by atoms with van der Waals surface area (Å²) in [4.78, 5) is 10.6. The predicted octanol–water partition coefficient (Wildman–Crippen LogP) is 3.28. The summed E-state index contributed by atoms with van der Waals surface area (Å²) in [5.74, 6) is -1.48. The molecule has 0 spiro atoms. The third-order valence-corrected chi connectivity index (χ3v) is 4.36. The molecule has 19 heavy (non-hydrogen) atoms. The van der Waals surface area contributed by atoms with Crippen molar-refractivity contribution in [2.45, 2.75) is 32.0 Å². The first-order chi connectivity index (χ1) is 9.13. The molecule has 1 aromatic rings. The van der Waals surface area contributed by atoms with Gasteiger partial charge in [-0.1, -0.05) is 34.9 Å². The van der Waals surface area contributed by atoms with Crippen LogP contribution in [0.2, 0.25) is 0 Å². The van der Waals surface area contributed by atoms with E-state index >= 15 is 0 Å². The Balaban J connectivity index is 2.41. The van der Waals surface area contributed by atoms with Gasteiger partial charge in [0.15, 0.2) is 0 Å². The molecular formula is C14H20O4P+. The van der Waals surface area contributed by atoms with Crippen LogP contribution in [0, 0.1) is 0 Å². The Morgan fingerprint density at radius 1 is 1.37 bits per heavy atom. The molecule has 0 saturated carbocycles. The van der Waals surface area contributed by atoms with Crippen LogP contribution in [0.25, 0.3) is 0 Å². The monoisotopic (exact) mass is 283 g/mol. The summed E-state index contributed by atoms with van der Waals surface area (Å²) in [7, 11) is -1.84. The Bertz CT molecular complexity index is 405. The number of benzene rings is 1. The Morgan fingerprint density at radius 3 is 2.63 bits per heavy atom. The van der Waals surface area contributed by atoms with E-state index in [1.54, 1.807) is 0 Å². The first-order valence-electron chi connectivity index (χ1n) is 6.44. The maximum Gasteiger partial charge on any atom is 0.381 e. The summed E-state index contributed by atoms with van der Waals surface area (Å²) in [5.41, 5.74) is 1.23. The third-order valence-electron chi connectivity index (χ3n) is 2.73. The zero-order chi connectivity index (χ0) is 14.1. The number of hydrogen-bond acceptors (Lipinski definition) is 3. The van der Waals surface area contributed by atoms with Crippen molar-refractivity contribution in [3.63, 3.8) is 0 Å².